The number of amides is 1. The third-order valence-electron chi connectivity index (χ3n) is 16.9. The Morgan fingerprint density at radius 2 is 0.539 bits per heavy atom. The summed E-state index contributed by atoms with van der Waals surface area (Å²) in [4.78, 5) is 24.5. The molecule has 3 N–H and O–H groups in total. The van der Waals surface area contributed by atoms with E-state index in [0.717, 1.165) is 38.5 Å². The van der Waals surface area contributed by atoms with E-state index < -0.39 is 12.1 Å². The molecule has 0 aliphatic rings. The Balaban J connectivity index is 3.33. The topological polar surface area (TPSA) is 95.9 Å². The number of hydrogen-bond acceptors (Lipinski definition) is 5. The van der Waals surface area contributed by atoms with Crippen LogP contribution in [0.3, 0.4) is 0 Å². The molecule has 6 nitrogen and oxygen atoms in total. The standard InChI is InChI=1S/C70H139NO5/c1-3-5-7-9-11-13-15-16-17-18-30-33-36-39-43-46-50-54-58-62-68(73)67(66-72)71-69(74)63-59-55-51-47-44-40-37-34-31-28-26-24-22-20-19-21-23-25-27-29-32-35-38-41-45-49-53-57-61-65-76-70(75)64-60-56-52-48-42-14-12-10-8-6-4-2/h67-68,72-73H,3-66H2,1-2H3,(H,71,74). The second kappa shape index (κ2) is 66.4. The SMILES string of the molecule is CCCCCCCCCCCCCCCCCCCCCC(O)C(CO)NC(=O)CCCCCCCCCCCCCCCCCCCCCCCCCCCCCCCOC(=O)CCCCCCCCCCCCC. The zero-order chi connectivity index (χ0) is 55.0. The third-order valence-corrected chi connectivity index (χ3v) is 16.9. The second-order valence-electron chi connectivity index (χ2n) is 24.6. The Bertz CT molecular complexity index is 1100. The molecule has 6 heteroatoms. The molecule has 0 aromatic rings. The summed E-state index contributed by atoms with van der Waals surface area (Å²) in [6.45, 7) is 5.00. The van der Waals surface area contributed by atoms with Crippen molar-refractivity contribution in [1.82, 2.24) is 5.32 Å². The van der Waals surface area contributed by atoms with Crippen molar-refractivity contribution < 1.29 is 24.5 Å². The molecule has 0 fully saturated rings. The molecule has 454 valence electrons. The van der Waals surface area contributed by atoms with Gasteiger partial charge >= 0.3 is 5.97 Å². The number of carbonyl (C=O) groups excluding carboxylic acids is 2. The third kappa shape index (κ3) is 62.1. The van der Waals surface area contributed by atoms with Gasteiger partial charge in [0.1, 0.15) is 0 Å². The quantitative estimate of drug-likeness (QED) is 0.0417. The van der Waals surface area contributed by atoms with Crippen LogP contribution in [0.25, 0.3) is 0 Å². The molecule has 0 saturated heterocycles. The highest BCUT2D eigenvalue weighted by atomic mass is 16.5. The first-order valence-electron chi connectivity index (χ1n) is 35.3. The van der Waals surface area contributed by atoms with Gasteiger partial charge in [0.25, 0.3) is 0 Å². The van der Waals surface area contributed by atoms with Crippen LogP contribution in [0.4, 0.5) is 0 Å². The van der Waals surface area contributed by atoms with E-state index in [1.54, 1.807) is 0 Å². The number of carbonyl (C=O) groups is 2. The number of esters is 1. The van der Waals surface area contributed by atoms with Crippen LogP contribution in [0.15, 0.2) is 0 Å². The summed E-state index contributed by atoms with van der Waals surface area (Å²) in [7, 11) is 0. The lowest BCUT2D eigenvalue weighted by atomic mass is 10.0. The predicted octanol–water partition coefficient (Wildman–Crippen LogP) is 22.6. The molecule has 0 saturated carbocycles. The van der Waals surface area contributed by atoms with Gasteiger partial charge in [-0.25, -0.2) is 0 Å². The Hall–Kier alpha value is -1.14. The number of unbranched alkanes of at least 4 members (excludes halogenated alkanes) is 56. The van der Waals surface area contributed by atoms with Crippen LogP contribution < -0.4 is 5.32 Å². The molecule has 0 aromatic heterocycles. The van der Waals surface area contributed by atoms with Gasteiger partial charge in [0, 0.05) is 12.8 Å². The fraction of sp³-hybridized carbons (Fsp3) is 0.971. The minimum absolute atomic E-state index is 0.0203. The Labute approximate surface area is 476 Å². The molecule has 0 rings (SSSR count). The van der Waals surface area contributed by atoms with Gasteiger partial charge in [0.05, 0.1) is 25.4 Å². The predicted molar refractivity (Wildman–Crippen MR) is 334 cm³/mol. The molecule has 0 spiro atoms. The zero-order valence-corrected chi connectivity index (χ0v) is 52.0. The molecule has 0 radical (unpaired) electrons. The van der Waals surface area contributed by atoms with E-state index in [2.05, 4.69) is 19.2 Å². The highest BCUT2D eigenvalue weighted by Gasteiger charge is 2.20. The fourth-order valence-corrected chi connectivity index (χ4v) is 11.5. The summed E-state index contributed by atoms with van der Waals surface area (Å²) in [5.74, 6) is -0.00608. The van der Waals surface area contributed by atoms with Crippen molar-refractivity contribution >= 4 is 11.9 Å². The lowest BCUT2D eigenvalue weighted by Crippen LogP contribution is -2.45. The van der Waals surface area contributed by atoms with Gasteiger partial charge in [-0.1, -0.05) is 373 Å². The Morgan fingerprint density at radius 3 is 0.803 bits per heavy atom. The Morgan fingerprint density at radius 1 is 0.316 bits per heavy atom. The van der Waals surface area contributed by atoms with Crippen LogP contribution in [0.5, 0.6) is 0 Å². The molecular weight excluding hydrogens is 935 g/mol. The second-order valence-corrected chi connectivity index (χ2v) is 24.6. The van der Waals surface area contributed by atoms with Crippen molar-refractivity contribution in [2.75, 3.05) is 13.2 Å². The van der Waals surface area contributed by atoms with Gasteiger partial charge < -0.3 is 20.3 Å². The lowest BCUT2D eigenvalue weighted by Gasteiger charge is -2.22. The number of nitrogens with one attached hydrogen (secondary N) is 1. The maximum Gasteiger partial charge on any atom is 0.305 e. The minimum atomic E-state index is -0.661. The summed E-state index contributed by atoms with van der Waals surface area (Å²) < 4.78 is 5.48. The molecule has 0 aliphatic carbocycles. The summed E-state index contributed by atoms with van der Waals surface area (Å²) >= 11 is 0. The van der Waals surface area contributed by atoms with E-state index in [0.29, 0.717) is 25.9 Å². The van der Waals surface area contributed by atoms with Crippen LogP contribution in [-0.4, -0.2) is 47.4 Å². The largest absolute Gasteiger partial charge is 0.466 e. The molecule has 0 bridgehead atoms. The summed E-state index contributed by atoms with van der Waals surface area (Å²) in [5, 5.41) is 23.4. The Kier molecular flexibility index (Phi) is 65.4. The van der Waals surface area contributed by atoms with Crippen molar-refractivity contribution in [3.8, 4) is 0 Å². The summed E-state index contributed by atoms with van der Waals surface area (Å²) in [6.07, 6.45) is 80.1. The van der Waals surface area contributed by atoms with Gasteiger partial charge in [-0.15, -0.1) is 0 Å². The van der Waals surface area contributed by atoms with Crippen molar-refractivity contribution in [3.63, 3.8) is 0 Å². The van der Waals surface area contributed by atoms with Gasteiger partial charge in [-0.2, -0.15) is 0 Å². The number of rotatable bonds is 67. The van der Waals surface area contributed by atoms with Gasteiger partial charge in [0.15, 0.2) is 0 Å². The van der Waals surface area contributed by atoms with Gasteiger partial charge in [-0.3, -0.25) is 9.59 Å². The van der Waals surface area contributed by atoms with Crippen LogP contribution in [0, 0.1) is 0 Å². The van der Waals surface area contributed by atoms with Crippen LogP contribution in [0.2, 0.25) is 0 Å². The maximum atomic E-state index is 12.5. The first-order valence-corrected chi connectivity index (χ1v) is 35.3. The van der Waals surface area contributed by atoms with E-state index in [-0.39, 0.29) is 18.5 Å². The number of ether oxygens (including phenoxy) is 1. The van der Waals surface area contributed by atoms with E-state index in [4.69, 9.17) is 4.74 Å². The molecule has 1 amide bonds. The highest BCUT2D eigenvalue weighted by molar-refractivity contribution is 5.76. The molecule has 2 atom stereocenters. The fourth-order valence-electron chi connectivity index (χ4n) is 11.5. The van der Waals surface area contributed by atoms with Crippen molar-refractivity contribution in [2.24, 2.45) is 0 Å². The van der Waals surface area contributed by atoms with E-state index in [1.165, 1.54) is 340 Å². The summed E-state index contributed by atoms with van der Waals surface area (Å²) in [5.41, 5.74) is 0. The first kappa shape index (κ1) is 74.9. The van der Waals surface area contributed by atoms with E-state index >= 15 is 0 Å². The number of aliphatic hydroxyl groups excluding tert-OH is 2. The maximum absolute atomic E-state index is 12.5. The monoisotopic (exact) mass is 1070 g/mol. The van der Waals surface area contributed by atoms with Crippen LogP contribution in [0.1, 0.15) is 412 Å². The average molecular weight is 1070 g/mol. The van der Waals surface area contributed by atoms with Crippen molar-refractivity contribution in [2.45, 2.75) is 424 Å². The minimum Gasteiger partial charge on any atom is -0.466 e. The van der Waals surface area contributed by atoms with Gasteiger partial charge in [0.2, 0.25) is 5.91 Å². The average Bonchev–Trinajstić information content (AvgIpc) is 3.42. The molecule has 0 aromatic carbocycles. The van der Waals surface area contributed by atoms with E-state index in [1.807, 2.05) is 0 Å². The van der Waals surface area contributed by atoms with Crippen LogP contribution >= 0.6 is 0 Å². The smallest absolute Gasteiger partial charge is 0.305 e. The molecule has 0 aliphatic heterocycles. The molecule has 2 unspecified atom stereocenters. The summed E-state index contributed by atoms with van der Waals surface area (Å²) in [6, 6.07) is -0.538. The van der Waals surface area contributed by atoms with Crippen LogP contribution in [-0.2, 0) is 14.3 Å². The van der Waals surface area contributed by atoms with Gasteiger partial charge in [-0.05, 0) is 25.7 Å². The zero-order valence-electron chi connectivity index (χ0n) is 52.0. The lowest BCUT2D eigenvalue weighted by molar-refractivity contribution is -0.143. The number of hydrogen-bond donors (Lipinski definition) is 3. The highest BCUT2D eigenvalue weighted by Crippen LogP contribution is 2.20. The normalized spacial score (nSPS) is 12.4. The molecule has 0 heterocycles. The first-order chi connectivity index (χ1) is 37.5. The van der Waals surface area contributed by atoms with Crippen molar-refractivity contribution in [1.29, 1.82) is 0 Å². The number of aliphatic hydroxyl groups is 2. The molecule has 76 heavy (non-hydrogen) atoms. The van der Waals surface area contributed by atoms with Crippen molar-refractivity contribution in [3.05, 3.63) is 0 Å². The van der Waals surface area contributed by atoms with E-state index in [9.17, 15) is 19.8 Å². The molecular formula is C70H139NO5.